The average Bonchev–Trinajstić information content (AvgIpc) is 3.43. The molecular formula is C24H33N5O2. The summed E-state index contributed by atoms with van der Waals surface area (Å²) in [7, 11) is 3.78. The van der Waals surface area contributed by atoms with E-state index < -0.39 is 0 Å². The zero-order chi connectivity index (χ0) is 22.1. The number of methoxy groups -OCH3 is 1. The summed E-state index contributed by atoms with van der Waals surface area (Å²) in [4.78, 5) is 14.7. The van der Waals surface area contributed by atoms with Gasteiger partial charge in [-0.2, -0.15) is 5.10 Å². The van der Waals surface area contributed by atoms with Crippen LogP contribution in [0.3, 0.4) is 0 Å². The number of likely N-dealkylation sites (tertiary alicyclic amines) is 1. The van der Waals surface area contributed by atoms with Gasteiger partial charge in [-0.25, -0.2) is 0 Å². The SMILES string of the molecule is CCC(=O)N[C@H]1CN(Cc2cnn(CC)c2C)C[C@@H]1c1cn(C)c2ccc(OC)cc12. The second-order valence-corrected chi connectivity index (χ2v) is 8.48. The number of carbonyl (C=O) groups is 1. The summed E-state index contributed by atoms with van der Waals surface area (Å²) >= 11 is 0. The van der Waals surface area contributed by atoms with E-state index in [1.165, 1.54) is 27.7 Å². The predicted octanol–water partition coefficient (Wildman–Crippen LogP) is 3.21. The van der Waals surface area contributed by atoms with Crippen LogP contribution in [0, 0.1) is 6.92 Å². The molecule has 3 heterocycles. The molecule has 7 heteroatoms. The standard InChI is InChI=1S/C24H33N5O2/c1-6-24(30)26-22-15-28(12-17-11-25-29(7-2)16(17)3)14-21(22)20-13-27(4)23-9-8-18(31-5)10-19(20)23/h8-11,13,21-22H,6-7,12,14-15H2,1-5H3,(H,26,30)/t21-,22+/m1/s1. The number of rotatable bonds is 7. The molecule has 4 rings (SSSR count). The van der Waals surface area contributed by atoms with Crippen LogP contribution in [0.25, 0.3) is 10.9 Å². The molecule has 1 fully saturated rings. The van der Waals surface area contributed by atoms with Crippen LogP contribution in [-0.4, -0.2) is 51.4 Å². The smallest absolute Gasteiger partial charge is 0.219 e. The summed E-state index contributed by atoms with van der Waals surface area (Å²) in [6, 6.07) is 6.29. The first-order chi connectivity index (χ1) is 14.9. The molecular weight excluding hydrogens is 390 g/mol. The number of fused-ring (bicyclic) bond motifs is 1. The van der Waals surface area contributed by atoms with Crippen molar-refractivity contribution in [2.45, 2.75) is 52.2 Å². The first-order valence-electron chi connectivity index (χ1n) is 11.1. The number of nitrogens with one attached hydrogen (secondary N) is 1. The van der Waals surface area contributed by atoms with Crippen molar-refractivity contribution < 1.29 is 9.53 Å². The largest absolute Gasteiger partial charge is 0.497 e. The minimum atomic E-state index is 0.0748. The number of benzene rings is 1. The minimum absolute atomic E-state index is 0.0748. The molecule has 0 radical (unpaired) electrons. The molecule has 0 bridgehead atoms. The third-order valence-electron chi connectivity index (χ3n) is 6.59. The Bertz CT molecular complexity index is 1080. The van der Waals surface area contributed by atoms with Crippen LogP contribution in [0.4, 0.5) is 0 Å². The van der Waals surface area contributed by atoms with Gasteiger partial charge in [0.25, 0.3) is 0 Å². The van der Waals surface area contributed by atoms with Gasteiger partial charge in [-0.3, -0.25) is 14.4 Å². The van der Waals surface area contributed by atoms with E-state index in [1.54, 1.807) is 7.11 Å². The number of nitrogens with zero attached hydrogens (tertiary/aromatic N) is 4. The molecule has 1 aliphatic heterocycles. The lowest BCUT2D eigenvalue weighted by Gasteiger charge is -2.19. The van der Waals surface area contributed by atoms with Crippen LogP contribution in [-0.2, 0) is 24.9 Å². The molecule has 2 atom stereocenters. The van der Waals surface area contributed by atoms with E-state index in [0.717, 1.165) is 31.9 Å². The number of carbonyl (C=O) groups excluding carboxylic acids is 1. The molecule has 0 saturated carbocycles. The number of aromatic nitrogens is 3. The maximum Gasteiger partial charge on any atom is 0.219 e. The number of aryl methyl sites for hydroxylation is 2. The van der Waals surface area contributed by atoms with Crippen molar-refractivity contribution in [1.29, 1.82) is 0 Å². The summed E-state index contributed by atoms with van der Waals surface area (Å²) in [6.07, 6.45) is 4.69. The van der Waals surface area contributed by atoms with E-state index in [9.17, 15) is 4.79 Å². The molecule has 2 aromatic heterocycles. The molecule has 0 aliphatic carbocycles. The van der Waals surface area contributed by atoms with Gasteiger partial charge >= 0.3 is 0 Å². The molecule has 1 amide bonds. The van der Waals surface area contributed by atoms with Crippen LogP contribution >= 0.6 is 0 Å². The van der Waals surface area contributed by atoms with Crippen LogP contribution in [0.15, 0.2) is 30.6 Å². The van der Waals surface area contributed by atoms with Crippen molar-refractivity contribution >= 4 is 16.8 Å². The van der Waals surface area contributed by atoms with Crippen molar-refractivity contribution in [1.82, 2.24) is 24.6 Å². The molecule has 0 unspecified atom stereocenters. The monoisotopic (exact) mass is 423 g/mol. The fourth-order valence-corrected chi connectivity index (χ4v) is 4.81. The van der Waals surface area contributed by atoms with Crippen LogP contribution in [0.1, 0.15) is 43.0 Å². The highest BCUT2D eigenvalue weighted by atomic mass is 16.5. The van der Waals surface area contributed by atoms with Crippen molar-refractivity contribution in [3.63, 3.8) is 0 Å². The highest BCUT2D eigenvalue weighted by molar-refractivity contribution is 5.86. The van der Waals surface area contributed by atoms with Gasteiger partial charge in [-0.15, -0.1) is 0 Å². The molecule has 1 aliphatic rings. The number of ether oxygens (including phenoxy) is 1. The minimum Gasteiger partial charge on any atom is -0.497 e. The van der Waals surface area contributed by atoms with Crippen LogP contribution < -0.4 is 10.1 Å². The lowest BCUT2D eigenvalue weighted by atomic mass is 9.93. The molecule has 1 saturated heterocycles. The fourth-order valence-electron chi connectivity index (χ4n) is 4.81. The summed E-state index contributed by atoms with van der Waals surface area (Å²) in [5.41, 5.74) is 4.91. The summed E-state index contributed by atoms with van der Waals surface area (Å²) in [5.74, 6) is 1.17. The Kier molecular flexibility index (Phi) is 6.05. The number of hydrogen-bond acceptors (Lipinski definition) is 4. The Morgan fingerprint density at radius 1 is 1.29 bits per heavy atom. The quantitative estimate of drug-likeness (QED) is 0.634. The summed E-state index contributed by atoms with van der Waals surface area (Å²) < 4.78 is 9.69. The van der Waals surface area contributed by atoms with E-state index in [2.05, 4.69) is 59.1 Å². The van der Waals surface area contributed by atoms with E-state index in [1.807, 2.05) is 23.9 Å². The predicted molar refractivity (Wildman–Crippen MR) is 122 cm³/mol. The van der Waals surface area contributed by atoms with Gasteiger partial charge in [-0.1, -0.05) is 6.92 Å². The molecule has 7 nitrogen and oxygen atoms in total. The van der Waals surface area contributed by atoms with Crippen molar-refractivity contribution in [3.05, 3.63) is 47.4 Å². The topological polar surface area (TPSA) is 64.3 Å². The second kappa shape index (κ2) is 8.75. The van der Waals surface area contributed by atoms with Gasteiger partial charge in [0.1, 0.15) is 5.75 Å². The number of hydrogen-bond donors (Lipinski definition) is 1. The third-order valence-corrected chi connectivity index (χ3v) is 6.59. The zero-order valence-electron chi connectivity index (χ0n) is 19.2. The van der Waals surface area contributed by atoms with Crippen LogP contribution in [0.5, 0.6) is 5.75 Å². The van der Waals surface area contributed by atoms with Gasteiger partial charge in [0.2, 0.25) is 5.91 Å². The van der Waals surface area contributed by atoms with E-state index in [0.29, 0.717) is 6.42 Å². The van der Waals surface area contributed by atoms with Crippen molar-refractivity contribution in [2.24, 2.45) is 7.05 Å². The Hall–Kier alpha value is -2.80. The second-order valence-electron chi connectivity index (χ2n) is 8.48. The maximum atomic E-state index is 12.3. The van der Waals surface area contributed by atoms with Crippen molar-refractivity contribution in [2.75, 3.05) is 20.2 Å². The Morgan fingerprint density at radius 2 is 2.10 bits per heavy atom. The first-order valence-corrected chi connectivity index (χ1v) is 11.1. The molecule has 3 aromatic rings. The Morgan fingerprint density at radius 3 is 2.77 bits per heavy atom. The van der Waals surface area contributed by atoms with Gasteiger partial charge in [-0.05, 0) is 37.6 Å². The van der Waals surface area contributed by atoms with Gasteiger partial charge < -0.3 is 14.6 Å². The van der Waals surface area contributed by atoms with Gasteiger partial charge in [0.05, 0.1) is 13.3 Å². The van der Waals surface area contributed by atoms with E-state index >= 15 is 0 Å². The summed E-state index contributed by atoms with van der Waals surface area (Å²) in [6.45, 7) is 9.58. The molecule has 31 heavy (non-hydrogen) atoms. The first kappa shape index (κ1) is 21.4. The normalized spacial score (nSPS) is 19.3. The molecule has 1 N–H and O–H groups in total. The highest BCUT2D eigenvalue weighted by Crippen LogP contribution is 2.36. The lowest BCUT2D eigenvalue weighted by molar-refractivity contribution is -0.121. The molecule has 1 aromatic carbocycles. The zero-order valence-corrected chi connectivity index (χ0v) is 19.2. The Balaban J connectivity index is 1.66. The highest BCUT2D eigenvalue weighted by Gasteiger charge is 2.36. The fraction of sp³-hybridized carbons (Fsp3) is 0.500. The van der Waals surface area contributed by atoms with E-state index in [-0.39, 0.29) is 17.9 Å². The molecule has 166 valence electrons. The average molecular weight is 424 g/mol. The lowest BCUT2D eigenvalue weighted by Crippen LogP contribution is -2.39. The number of amides is 1. The van der Waals surface area contributed by atoms with E-state index in [4.69, 9.17) is 4.74 Å². The van der Waals surface area contributed by atoms with Crippen LogP contribution in [0.2, 0.25) is 0 Å². The van der Waals surface area contributed by atoms with Gasteiger partial charge in [0.15, 0.2) is 0 Å². The maximum absolute atomic E-state index is 12.3. The Labute approximate surface area is 184 Å². The third kappa shape index (κ3) is 4.06. The van der Waals surface area contributed by atoms with Gasteiger partial charge in [0, 0.05) is 80.0 Å². The van der Waals surface area contributed by atoms with Crippen molar-refractivity contribution in [3.8, 4) is 5.75 Å². The summed E-state index contributed by atoms with van der Waals surface area (Å²) in [5, 5.41) is 8.98. The molecule has 0 spiro atoms.